The SMILES string of the molecule is CNC(=O)c1ccc(NC(=O)CCCOc2ccccc2)cc1. The third-order valence-electron chi connectivity index (χ3n) is 3.22. The van der Waals surface area contributed by atoms with Gasteiger partial charge in [-0.25, -0.2) is 0 Å². The second-order valence-corrected chi connectivity index (χ2v) is 4.97. The van der Waals surface area contributed by atoms with Gasteiger partial charge in [0.25, 0.3) is 5.91 Å². The molecule has 0 spiro atoms. The highest BCUT2D eigenvalue weighted by atomic mass is 16.5. The van der Waals surface area contributed by atoms with Crippen LogP contribution in [0.4, 0.5) is 5.69 Å². The van der Waals surface area contributed by atoms with Crippen molar-refractivity contribution in [2.45, 2.75) is 12.8 Å². The van der Waals surface area contributed by atoms with Crippen molar-refractivity contribution in [2.75, 3.05) is 19.0 Å². The maximum Gasteiger partial charge on any atom is 0.251 e. The summed E-state index contributed by atoms with van der Waals surface area (Å²) in [5, 5.41) is 5.35. The summed E-state index contributed by atoms with van der Waals surface area (Å²) in [5.41, 5.74) is 1.23. The van der Waals surface area contributed by atoms with Crippen molar-refractivity contribution in [3.8, 4) is 5.75 Å². The Labute approximate surface area is 135 Å². The van der Waals surface area contributed by atoms with Gasteiger partial charge in [-0.2, -0.15) is 0 Å². The Hall–Kier alpha value is -2.82. The molecule has 0 aliphatic carbocycles. The lowest BCUT2D eigenvalue weighted by Gasteiger charge is -2.07. The molecule has 5 nitrogen and oxygen atoms in total. The fraction of sp³-hybridized carbons (Fsp3) is 0.222. The standard InChI is InChI=1S/C18H20N2O3/c1-19-18(22)14-9-11-15(12-10-14)20-17(21)8-5-13-23-16-6-3-2-4-7-16/h2-4,6-7,9-12H,5,8,13H2,1H3,(H,19,22)(H,20,21). The summed E-state index contributed by atoms with van der Waals surface area (Å²) in [6.07, 6.45) is 1.01. The third-order valence-corrected chi connectivity index (χ3v) is 3.22. The van der Waals surface area contributed by atoms with Crippen LogP contribution in [0.15, 0.2) is 54.6 Å². The molecule has 23 heavy (non-hydrogen) atoms. The fourth-order valence-corrected chi connectivity index (χ4v) is 2.01. The Morgan fingerprint density at radius 3 is 2.35 bits per heavy atom. The van der Waals surface area contributed by atoms with E-state index >= 15 is 0 Å². The maximum atomic E-state index is 11.9. The van der Waals surface area contributed by atoms with Crippen LogP contribution in [0.25, 0.3) is 0 Å². The molecule has 0 radical (unpaired) electrons. The van der Waals surface area contributed by atoms with E-state index in [4.69, 9.17) is 4.74 Å². The first-order valence-corrected chi connectivity index (χ1v) is 7.49. The largest absolute Gasteiger partial charge is 0.494 e. The van der Waals surface area contributed by atoms with Gasteiger partial charge in [0.2, 0.25) is 5.91 Å². The molecule has 0 saturated heterocycles. The van der Waals surface area contributed by atoms with E-state index in [1.54, 1.807) is 31.3 Å². The van der Waals surface area contributed by atoms with Crippen LogP contribution in [0.3, 0.4) is 0 Å². The topological polar surface area (TPSA) is 67.4 Å². The average Bonchev–Trinajstić information content (AvgIpc) is 2.59. The predicted octanol–water partition coefficient (Wildman–Crippen LogP) is 2.84. The smallest absolute Gasteiger partial charge is 0.251 e. The first kappa shape index (κ1) is 16.5. The zero-order valence-electron chi connectivity index (χ0n) is 13.0. The highest BCUT2D eigenvalue weighted by Crippen LogP contribution is 2.11. The summed E-state index contributed by atoms with van der Waals surface area (Å²) in [6.45, 7) is 0.493. The molecule has 2 aromatic carbocycles. The molecule has 2 aromatic rings. The summed E-state index contributed by atoms with van der Waals surface area (Å²) in [6, 6.07) is 16.3. The van der Waals surface area contributed by atoms with Gasteiger partial charge >= 0.3 is 0 Å². The van der Waals surface area contributed by atoms with E-state index in [-0.39, 0.29) is 11.8 Å². The van der Waals surface area contributed by atoms with Crippen LogP contribution >= 0.6 is 0 Å². The summed E-state index contributed by atoms with van der Waals surface area (Å²) in [5.74, 6) is 0.577. The van der Waals surface area contributed by atoms with Gasteiger partial charge in [0, 0.05) is 24.7 Å². The monoisotopic (exact) mass is 312 g/mol. The molecule has 0 bridgehead atoms. The Bertz CT molecular complexity index is 639. The van der Waals surface area contributed by atoms with E-state index in [1.807, 2.05) is 30.3 Å². The molecule has 5 heteroatoms. The Balaban J connectivity index is 1.71. The number of ether oxygens (including phenoxy) is 1. The quantitative estimate of drug-likeness (QED) is 0.773. The van der Waals surface area contributed by atoms with Crippen LogP contribution in [0, 0.1) is 0 Å². The van der Waals surface area contributed by atoms with Gasteiger partial charge in [0.15, 0.2) is 0 Å². The summed E-state index contributed by atoms with van der Waals surface area (Å²) < 4.78 is 5.54. The van der Waals surface area contributed by atoms with Crippen molar-refractivity contribution in [2.24, 2.45) is 0 Å². The molecule has 2 N–H and O–H groups in total. The van der Waals surface area contributed by atoms with Gasteiger partial charge in [-0.1, -0.05) is 18.2 Å². The van der Waals surface area contributed by atoms with Crippen molar-refractivity contribution < 1.29 is 14.3 Å². The van der Waals surface area contributed by atoms with E-state index < -0.39 is 0 Å². The molecule has 0 unspecified atom stereocenters. The number of anilines is 1. The summed E-state index contributed by atoms with van der Waals surface area (Å²) in [4.78, 5) is 23.3. The Morgan fingerprint density at radius 2 is 1.70 bits per heavy atom. The van der Waals surface area contributed by atoms with Crippen LogP contribution in [0.5, 0.6) is 5.75 Å². The predicted molar refractivity (Wildman–Crippen MR) is 89.6 cm³/mol. The highest BCUT2D eigenvalue weighted by Gasteiger charge is 2.05. The van der Waals surface area contributed by atoms with Crippen LogP contribution in [0.2, 0.25) is 0 Å². The number of rotatable bonds is 7. The lowest BCUT2D eigenvalue weighted by molar-refractivity contribution is -0.116. The molecule has 2 amide bonds. The number of nitrogens with one attached hydrogen (secondary N) is 2. The summed E-state index contributed by atoms with van der Waals surface area (Å²) in [7, 11) is 1.58. The minimum absolute atomic E-state index is 0.0747. The van der Waals surface area contributed by atoms with Crippen LogP contribution in [-0.2, 0) is 4.79 Å². The second kappa shape index (κ2) is 8.58. The minimum atomic E-state index is -0.152. The first-order chi connectivity index (χ1) is 11.2. The Morgan fingerprint density at radius 1 is 1.00 bits per heavy atom. The van der Waals surface area contributed by atoms with E-state index in [0.717, 1.165) is 5.75 Å². The lowest BCUT2D eigenvalue weighted by atomic mass is 10.2. The van der Waals surface area contributed by atoms with E-state index in [2.05, 4.69) is 10.6 Å². The van der Waals surface area contributed by atoms with Gasteiger partial charge in [-0.15, -0.1) is 0 Å². The van der Waals surface area contributed by atoms with Gasteiger partial charge in [0.05, 0.1) is 6.61 Å². The van der Waals surface area contributed by atoms with Crippen molar-refractivity contribution in [1.29, 1.82) is 0 Å². The van der Waals surface area contributed by atoms with Crippen molar-refractivity contribution in [1.82, 2.24) is 5.32 Å². The van der Waals surface area contributed by atoms with E-state index in [1.165, 1.54) is 0 Å². The van der Waals surface area contributed by atoms with Crippen molar-refractivity contribution in [3.05, 3.63) is 60.2 Å². The molecular formula is C18H20N2O3. The minimum Gasteiger partial charge on any atom is -0.494 e. The molecule has 0 heterocycles. The normalized spacial score (nSPS) is 9.96. The van der Waals surface area contributed by atoms with Gasteiger partial charge in [0.1, 0.15) is 5.75 Å². The number of amides is 2. The maximum absolute atomic E-state index is 11.9. The Kier molecular flexibility index (Phi) is 6.17. The zero-order valence-corrected chi connectivity index (χ0v) is 13.0. The number of hydrogen-bond acceptors (Lipinski definition) is 3. The number of hydrogen-bond donors (Lipinski definition) is 2. The van der Waals surface area contributed by atoms with Crippen molar-refractivity contribution in [3.63, 3.8) is 0 Å². The molecule has 0 aliphatic rings. The number of benzene rings is 2. The number of para-hydroxylation sites is 1. The fourth-order valence-electron chi connectivity index (χ4n) is 2.01. The van der Waals surface area contributed by atoms with Crippen LogP contribution in [-0.4, -0.2) is 25.5 Å². The molecule has 120 valence electrons. The van der Waals surface area contributed by atoms with Crippen molar-refractivity contribution >= 4 is 17.5 Å². The molecule has 2 rings (SSSR count). The molecule has 0 aromatic heterocycles. The lowest BCUT2D eigenvalue weighted by Crippen LogP contribution is -2.18. The van der Waals surface area contributed by atoms with Crippen LogP contribution < -0.4 is 15.4 Å². The zero-order chi connectivity index (χ0) is 16.5. The van der Waals surface area contributed by atoms with Gasteiger partial charge in [-0.3, -0.25) is 9.59 Å². The molecule has 0 saturated carbocycles. The number of carbonyl (C=O) groups is 2. The highest BCUT2D eigenvalue weighted by molar-refractivity contribution is 5.95. The average molecular weight is 312 g/mol. The molecule has 0 fully saturated rings. The first-order valence-electron chi connectivity index (χ1n) is 7.49. The molecular weight excluding hydrogens is 292 g/mol. The molecule has 0 aliphatic heterocycles. The van der Waals surface area contributed by atoms with E-state index in [0.29, 0.717) is 30.7 Å². The van der Waals surface area contributed by atoms with Gasteiger partial charge < -0.3 is 15.4 Å². The second-order valence-electron chi connectivity index (χ2n) is 4.97. The number of carbonyl (C=O) groups excluding carboxylic acids is 2. The molecule has 0 atom stereocenters. The van der Waals surface area contributed by atoms with Gasteiger partial charge in [-0.05, 0) is 42.8 Å². The van der Waals surface area contributed by atoms with Crippen LogP contribution in [0.1, 0.15) is 23.2 Å². The summed E-state index contributed by atoms with van der Waals surface area (Å²) >= 11 is 0. The van der Waals surface area contributed by atoms with E-state index in [9.17, 15) is 9.59 Å². The third kappa shape index (κ3) is 5.47.